The molecule has 4 aromatic carbocycles. The number of imidazole rings is 5. The number of fused-ring (bicyclic) bond motifs is 8. The zero-order valence-electron chi connectivity index (χ0n) is 54.9. The van der Waals surface area contributed by atoms with E-state index in [0.29, 0.717) is 58.8 Å². The van der Waals surface area contributed by atoms with Crippen LogP contribution in [0.15, 0.2) is 159 Å². The number of rotatable bonds is 10. The Labute approximate surface area is 567 Å². The molecule has 16 aromatic rings. The van der Waals surface area contributed by atoms with Crippen LogP contribution in [0.2, 0.25) is 0 Å². The van der Waals surface area contributed by atoms with Gasteiger partial charge in [-0.05, 0) is 137 Å². The number of aliphatic hydroxyl groups excluding tert-OH is 2. The van der Waals surface area contributed by atoms with Gasteiger partial charge in [-0.2, -0.15) is 0 Å². The fourth-order valence-electron chi connectivity index (χ4n) is 15.1. The molecule has 0 bridgehead atoms. The summed E-state index contributed by atoms with van der Waals surface area (Å²) in [6.07, 6.45) is 28.1. The van der Waals surface area contributed by atoms with Crippen LogP contribution in [0, 0.1) is 18.8 Å². The van der Waals surface area contributed by atoms with Gasteiger partial charge in [0, 0.05) is 119 Å². The number of aryl methyl sites for hydroxylation is 1. The molecule has 23 nitrogen and oxygen atoms in total. The second kappa shape index (κ2) is 25.2. The minimum Gasteiger partial charge on any atom is -0.396 e. The first-order chi connectivity index (χ1) is 48.5. The molecule has 0 atom stereocenters. The van der Waals surface area contributed by atoms with Gasteiger partial charge in [-0.3, -0.25) is 17.6 Å². The van der Waals surface area contributed by atoms with Crippen molar-refractivity contribution < 1.29 is 10.2 Å². The van der Waals surface area contributed by atoms with Crippen LogP contribution in [0.4, 0.5) is 23.3 Å². The number of nitrogens with two attached hydrogens (primary N) is 4. The van der Waals surface area contributed by atoms with Crippen molar-refractivity contribution >= 4 is 89.1 Å². The highest BCUT2D eigenvalue weighted by Gasteiger charge is 2.35. The van der Waals surface area contributed by atoms with Crippen LogP contribution in [0.25, 0.3) is 111 Å². The standard InChI is InChI=1S/C21H23N5O.C19H19N5O.C19H19N5.C17H16N6/c22-20-19-18(17-11-15-3-1-2-4-16(15)24-17)25-21(26(19)10-9-23-20)14-7-5-13(12-27)6-8-14;20-18-17-16(15-9-12-3-1-2-4-14(12)22-15)23-19(24(17)6-5-21-18)13-7-11(8-13)10-25;1-11-5-6-13-10-15(22-14(13)9-11)16-17-18(20)21-7-8-24(17)19(23-16)12-3-2-4-12;18-15-14-13(16-20-11-6-1-2-7-12(11)21-16)22-17(10-4-3-5-10)23(14)9-8-19-15/h1-4,9-11,13-14,24,27H,5-8,12H2,(H2,22,23);1-6,9,11,13,22,25H,7-8,10H2,(H2,20,21);5-10,12,22H,2-4H2,1H3,(H2,20,21);1-2,6-10H,3-5H2,(H2,18,19)(H,20,21). The van der Waals surface area contributed by atoms with Crippen molar-refractivity contribution in [3.63, 3.8) is 0 Å². The molecule has 20 rings (SSSR count). The lowest BCUT2D eigenvalue weighted by Gasteiger charge is -2.32. The Morgan fingerprint density at radius 2 is 0.788 bits per heavy atom. The van der Waals surface area contributed by atoms with Gasteiger partial charge in [0.05, 0.1) is 28.1 Å². The maximum absolute atomic E-state index is 9.43. The van der Waals surface area contributed by atoms with E-state index in [-0.39, 0.29) is 13.2 Å². The van der Waals surface area contributed by atoms with Crippen LogP contribution in [-0.2, 0) is 0 Å². The highest BCUT2D eigenvalue weighted by molar-refractivity contribution is 5.94. The Hall–Kier alpha value is -11.4. The third-order valence-corrected chi connectivity index (χ3v) is 20.9. The molecule has 0 radical (unpaired) electrons. The SMILES string of the molecule is Cc1ccc2cc(-c3nc(C4CCC4)n4ccnc(N)c34)[nH]c2c1.Nc1nccn2c(C3CC(CO)C3)nc(-c3cc4ccccc4[nH]3)c12.Nc1nccn2c(C3CCC(CO)CC3)nc(-c3cc4ccccc4[nH]3)c12.Nc1nccn2c(C3CCC3)nc(-c3nc4ccccc4[nH]3)c12. The van der Waals surface area contributed by atoms with Gasteiger partial charge >= 0.3 is 0 Å². The van der Waals surface area contributed by atoms with Gasteiger partial charge in [0.1, 0.15) is 91.4 Å². The Balaban J connectivity index is 0.0000000991. The number of para-hydroxylation sites is 4. The number of nitrogens with one attached hydrogen (secondary N) is 4. The summed E-state index contributed by atoms with van der Waals surface area (Å²) in [5, 5.41) is 22.2. The molecular formula is C76H77N21O2. The molecule has 0 spiro atoms. The van der Waals surface area contributed by atoms with Crippen molar-refractivity contribution in [3.05, 3.63) is 188 Å². The predicted octanol–water partition coefficient (Wildman–Crippen LogP) is 13.8. The van der Waals surface area contributed by atoms with E-state index in [9.17, 15) is 10.2 Å². The molecule has 498 valence electrons. The first kappa shape index (κ1) is 61.2. The third-order valence-electron chi connectivity index (χ3n) is 20.9. The summed E-state index contributed by atoms with van der Waals surface area (Å²) in [5.41, 5.74) is 41.0. The van der Waals surface area contributed by atoms with Crippen molar-refractivity contribution in [2.45, 2.75) is 108 Å². The van der Waals surface area contributed by atoms with Gasteiger partial charge in [-0.15, -0.1) is 0 Å². The third kappa shape index (κ3) is 11.1. The largest absolute Gasteiger partial charge is 0.396 e. The number of nitrogens with zero attached hydrogens (tertiary/aromatic N) is 13. The number of aromatic amines is 4. The summed E-state index contributed by atoms with van der Waals surface area (Å²) < 4.78 is 8.36. The Bertz CT molecular complexity index is 5560. The lowest BCUT2D eigenvalue weighted by Crippen LogP contribution is -2.26. The van der Waals surface area contributed by atoms with Gasteiger partial charge < -0.3 is 53.1 Å². The first-order valence-electron chi connectivity index (χ1n) is 34.4. The number of nitrogen functional groups attached to an aromatic ring is 4. The second-order valence-electron chi connectivity index (χ2n) is 27.2. The molecule has 4 fully saturated rings. The molecule has 0 unspecified atom stereocenters. The number of hydrogen-bond acceptors (Lipinski definition) is 15. The molecule has 0 aliphatic heterocycles. The lowest BCUT2D eigenvalue weighted by molar-refractivity contribution is 0.138. The normalized spacial score (nSPS) is 17.9. The van der Waals surface area contributed by atoms with Gasteiger partial charge in [-0.1, -0.05) is 73.5 Å². The number of anilines is 4. The van der Waals surface area contributed by atoms with Crippen molar-refractivity contribution in [2.75, 3.05) is 36.1 Å². The van der Waals surface area contributed by atoms with E-state index in [4.69, 9.17) is 42.9 Å². The summed E-state index contributed by atoms with van der Waals surface area (Å²) in [5.74, 6) is 9.52. The average Bonchev–Trinajstić information content (AvgIpc) is 1.52. The highest BCUT2D eigenvalue weighted by atomic mass is 16.3. The lowest BCUT2D eigenvalue weighted by atomic mass is 9.75. The number of aliphatic hydroxyl groups is 2. The van der Waals surface area contributed by atoms with Crippen LogP contribution in [-0.4, -0.2) is 106 Å². The number of hydrogen-bond donors (Lipinski definition) is 10. The van der Waals surface area contributed by atoms with Gasteiger partial charge in [-0.25, -0.2) is 44.9 Å². The molecule has 4 saturated carbocycles. The summed E-state index contributed by atoms with van der Waals surface area (Å²) in [4.78, 5) is 55.4. The van der Waals surface area contributed by atoms with Crippen LogP contribution in [0.3, 0.4) is 0 Å². The van der Waals surface area contributed by atoms with Crippen molar-refractivity contribution in [1.82, 2.24) is 82.4 Å². The Morgan fingerprint density at radius 3 is 1.22 bits per heavy atom. The van der Waals surface area contributed by atoms with Crippen molar-refractivity contribution in [3.8, 4) is 45.7 Å². The summed E-state index contributed by atoms with van der Waals surface area (Å²) in [7, 11) is 0. The van der Waals surface area contributed by atoms with Crippen LogP contribution < -0.4 is 22.9 Å². The maximum atomic E-state index is 9.43. The summed E-state index contributed by atoms with van der Waals surface area (Å²) >= 11 is 0. The van der Waals surface area contributed by atoms with Crippen LogP contribution >= 0.6 is 0 Å². The van der Waals surface area contributed by atoms with E-state index in [2.05, 4.69) is 130 Å². The Kier molecular flexibility index (Phi) is 15.6. The molecule has 0 amide bonds. The molecular weight excluding hydrogens is 1240 g/mol. The van der Waals surface area contributed by atoms with E-state index in [1.165, 1.54) is 49.5 Å². The minimum absolute atomic E-state index is 0.248. The topological polar surface area (TPSA) is 341 Å². The molecule has 99 heavy (non-hydrogen) atoms. The fraction of sp³-hybridized carbons (Fsp3) is 0.276. The van der Waals surface area contributed by atoms with E-state index in [1.54, 1.807) is 24.8 Å². The average molecular weight is 1320 g/mol. The van der Waals surface area contributed by atoms with Crippen LogP contribution in [0.1, 0.15) is 130 Å². The monoisotopic (exact) mass is 1320 g/mol. The van der Waals surface area contributed by atoms with Gasteiger partial charge in [0.15, 0.2) is 5.82 Å². The molecule has 4 aliphatic carbocycles. The molecule has 4 aliphatic rings. The predicted molar refractivity (Wildman–Crippen MR) is 389 cm³/mol. The number of H-pyrrole nitrogens is 4. The number of aromatic nitrogens is 17. The van der Waals surface area contributed by atoms with Crippen molar-refractivity contribution in [1.29, 1.82) is 0 Å². The number of benzene rings is 4. The van der Waals surface area contributed by atoms with Gasteiger partial charge in [0.2, 0.25) is 0 Å². The molecule has 0 saturated heterocycles. The molecule has 14 N–H and O–H groups in total. The first-order valence-corrected chi connectivity index (χ1v) is 34.4. The highest BCUT2D eigenvalue weighted by Crippen LogP contribution is 2.45. The van der Waals surface area contributed by atoms with E-state index in [0.717, 1.165) is 168 Å². The molecule has 12 aromatic heterocycles. The van der Waals surface area contributed by atoms with E-state index in [1.807, 2.05) is 73.3 Å². The maximum Gasteiger partial charge on any atom is 0.159 e. The summed E-state index contributed by atoms with van der Waals surface area (Å²) in [6, 6.07) is 37.1. The van der Waals surface area contributed by atoms with Gasteiger partial charge in [0.25, 0.3) is 0 Å². The quantitative estimate of drug-likeness (QED) is 0.0608. The zero-order valence-corrected chi connectivity index (χ0v) is 54.9. The molecule has 23 heteroatoms. The summed E-state index contributed by atoms with van der Waals surface area (Å²) in [6.45, 7) is 2.63. The van der Waals surface area contributed by atoms with E-state index >= 15 is 0 Å². The van der Waals surface area contributed by atoms with Crippen LogP contribution in [0.5, 0.6) is 0 Å². The van der Waals surface area contributed by atoms with Crippen molar-refractivity contribution in [2.24, 2.45) is 11.8 Å². The molecule has 12 heterocycles. The van der Waals surface area contributed by atoms with E-state index < -0.39 is 0 Å². The fourth-order valence-corrected chi connectivity index (χ4v) is 15.1. The smallest absolute Gasteiger partial charge is 0.159 e. The zero-order chi connectivity index (χ0) is 67.0. The second-order valence-corrected chi connectivity index (χ2v) is 27.2. The minimum atomic E-state index is 0.248. The Morgan fingerprint density at radius 1 is 0.394 bits per heavy atom.